The molecule has 0 spiro atoms. The largest absolute Gasteiger partial charge is 0.388 e. The Morgan fingerprint density at radius 3 is 2.41 bits per heavy atom. The van der Waals surface area contributed by atoms with Crippen molar-refractivity contribution in [3.05, 3.63) is 36.3 Å². The van der Waals surface area contributed by atoms with Gasteiger partial charge in [0.2, 0.25) is 0 Å². The minimum absolute atomic E-state index is 0.146. The molecule has 1 N–H and O–H groups in total. The number of nitrogens with one attached hydrogen (secondary N) is 1. The molecule has 2 heteroatoms. The van der Waals surface area contributed by atoms with Crippen LogP contribution in [0.2, 0.25) is 0 Å². The quantitative estimate of drug-likeness (QED) is 0.482. The first kappa shape index (κ1) is 16.0. The first-order chi connectivity index (χ1) is 8.10. The summed E-state index contributed by atoms with van der Waals surface area (Å²) in [5.41, 5.74) is 0. The summed E-state index contributed by atoms with van der Waals surface area (Å²) in [4.78, 5) is 0. The van der Waals surface area contributed by atoms with Crippen LogP contribution in [0.1, 0.15) is 40.5 Å². The van der Waals surface area contributed by atoms with Crippen molar-refractivity contribution >= 4 is 0 Å². The predicted octanol–water partition coefficient (Wildman–Crippen LogP) is 4.59. The van der Waals surface area contributed by atoms with E-state index in [4.69, 9.17) is 0 Å². The SMILES string of the molecule is CCC(C)C=CNC/C=C\C(F)=C/C(C)CC. The van der Waals surface area contributed by atoms with Gasteiger partial charge in [0.25, 0.3) is 0 Å². The Balaban J connectivity index is 3.81. The Kier molecular flexibility index (Phi) is 9.50. The van der Waals surface area contributed by atoms with E-state index in [1.807, 2.05) is 13.1 Å². The number of rotatable bonds is 8. The molecule has 0 rings (SSSR count). The molecule has 0 aromatic heterocycles. The lowest BCUT2D eigenvalue weighted by atomic mass is 10.1. The summed E-state index contributed by atoms with van der Waals surface area (Å²) in [7, 11) is 0. The molecule has 0 radical (unpaired) electrons. The molecule has 0 aliphatic rings. The smallest absolute Gasteiger partial charge is 0.119 e. The third-order valence-electron chi connectivity index (χ3n) is 2.79. The molecule has 2 atom stereocenters. The zero-order chi connectivity index (χ0) is 13.1. The lowest BCUT2D eigenvalue weighted by molar-refractivity contribution is 0.620. The number of halogens is 1. The van der Waals surface area contributed by atoms with E-state index in [-0.39, 0.29) is 5.83 Å². The summed E-state index contributed by atoms with van der Waals surface area (Å²) in [6, 6.07) is 0. The highest BCUT2D eigenvalue weighted by molar-refractivity contribution is 5.12. The summed E-state index contributed by atoms with van der Waals surface area (Å²) in [6.07, 6.45) is 11.2. The van der Waals surface area contributed by atoms with Crippen molar-refractivity contribution < 1.29 is 4.39 Å². The first-order valence-electron chi connectivity index (χ1n) is 6.54. The number of allylic oxidation sites excluding steroid dienone is 4. The third kappa shape index (κ3) is 9.86. The van der Waals surface area contributed by atoms with Gasteiger partial charge in [0, 0.05) is 6.54 Å². The molecule has 0 aromatic rings. The van der Waals surface area contributed by atoms with Crippen LogP contribution in [-0.2, 0) is 0 Å². The highest BCUT2D eigenvalue weighted by Crippen LogP contribution is 2.08. The Morgan fingerprint density at radius 1 is 1.18 bits per heavy atom. The monoisotopic (exact) mass is 239 g/mol. The van der Waals surface area contributed by atoms with Gasteiger partial charge in [-0.05, 0) is 36.6 Å². The Labute approximate surface area is 105 Å². The van der Waals surface area contributed by atoms with Gasteiger partial charge >= 0.3 is 0 Å². The average Bonchev–Trinajstić information content (AvgIpc) is 2.32. The van der Waals surface area contributed by atoms with Crippen LogP contribution in [0.25, 0.3) is 0 Å². The molecule has 2 unspecified atom stereocenters. The fourth-order valence-electron chi connectivity index (χ4n) is 1.12. The fourth-order valence-corrected chi connectivity index (χ4v) is 1.12. The van der Waals surface area contributed by atoms with Crippen LogP contribution < -0.4 is 5.32 Å². The van der Waals surface area contributed by atoms with Crippen molar-refractivity contribution in [1.82, 2.24) is 5.32 Å². The Hall–Kier alpha value is -1.05. The van der Waals surface area contributed by atoms with Gasteiger partial charge in [-0.2, -0.15) is 0 Å². The minimum Gasteiger partial charge on any atom is -0.388 e. The van der Waals surface area contributed by atoms with Gasteiger partial charge in [-0.1, -0.05) is 46.3 Å². The predicted molar refractivity (Wildman–Crippen MR) is 74.4 cm³/mol. The molecule has 0 amide bonds. The maximum atomic E-state index is 13.3. The Morgan fingerprint density at radius 2 is 1.82 bits per heavy atom. The molecule has 0 heterocycles. The van der Waals surface area contributed by atoms with Crippen molar-refractivity contribution in [2.75, 3.05) is 6.54 Å². The van der Waals surface area contributed by atoms with Crippen LogP contribution in [0, 0.1) is 11.8 Å². The minimum atomic E-state index is -0.146. The molecule has 0 aliphatic carbocycles. The second-order valence-electron chi connectivity index (χ2n) is 4.49. The second-order valence-corrected chi connectivity index (χ2v) is 4.49. The molecule has 0 saturated heterocycles. The van der Waals surface area contributed by atoms with Gasteiger partial charge in [0.1, 0.15) is 5.83 Å². The van der Waals surface area contributed by atoms with Crippen molar-refractivity contribution in [1.29, 1.82) is 0 Å². The molecule has 0 saturated carbocycles. The summed E-state index contributed by atoms with van der Waals surface area (Å²) in [5, 5.41) is 3.11. The van der Waals surface area contributed by atoms with Gasteiger partial charge in [-0.15, -0.1) is 0 Å². The Bertz CT molecular complexity index is 266. The molecule has 1 nitrogen and oxygen atoms in total. The lowest BCUT2D eigenvalue weighted by Crippen LogP contribution is -2.04. The van der Waals surface area contributed by atoms with Crippen molar-refractivity contribution in [3.63, 3.8) is 0 Å². The zero-order valence-corrected chi connectivity index (χ0v) is 11.5. The van der Waals surface area contributed by atoms with Crippen LogP contribution >= 0.6 is 0 Å². The van der Waals surface area contributed by atoms with E-state index in [1.54, 1.807) is 12.2 Å². The molecule has 17 heavy (non-hydrogen) atoms. The van der Waals surface area contributed by atoms with E-state index < -0.39 is 0 Å². The van der Waals surface area contributed by atoms with Gasteiger partial charge < -0.3 is 5.32 Å². The molecule has 98 valence electrons. The average molecular weight is 239 g/mol. The molecule has 0 aliphatic heterocycles. The van der Waals surface area contributed by atoms with Gasteiger partial charge in [-0.25, -0.2) is 4.39 Å². The van der Waals surface area contributed by atoms with Gasteiger partial charge in [-0.3, -0.25) is 0 Å². The topological polar surface area (TPSA) is 12.0 Å². The van der Waals surface area contributed by atoms with Crippen molar-refractivity contribution in [3.8, 4) is 0 Å². The van der Waals surface area contributed by atoms with Crippen LogP contribution in [0.15, 0.2) is 36.3 Å². The van der Waals surface area contributed by atoms with E-state index in [0.717, 1.165) is 12.8 Å². The third-order valence-corrected chi connectivity index (χ3v) is 2.79. The van der Waals surface area contributed by atoms with Crippen LogP contribution in [0.3, 0.4) is 0 Å². The van der Waals surface area contributed by atoms with E-state index in [2.05, 4.69) is 32.2 Å². The van der Waals surface area contributed by atoms with Crippen molar-refractivity contribution in [2.24, 2.45) is 11.8 Å². The maximum absolute atomic E-state index is 13.3. The van der Waals surface area contributed by atoms with Gasteiger partial charge in [0.15, 0.2) is 0 Å². The molecule has 0 aromatic carbocycles. The van der Waals surface area contributed by atoms with E-state index >= 15 is 0 Å². The van der Waals surface area contributed by atoms with Crippen LogP contribution in [0.5, 0.6) is 0 Å². The van der Waals surface area contributed by atoms with Gasteiger partial charge in [0.05, 0.1) is 0 Å². The molecule has 0 fully saturated rings. The summed E-state index contributed by atoms with van der Waals surface area (Å²) in [6.45, 7) is 9.06. The molecular formula is C15H26FN. The second kappa shape index (κ2) is 10.1. The zero-order valence-electron chi connectivity index (χ0n) is 11.5. The number of hydrogen-bond acceptors (Lipinski definition) is 1. The number of hydrogen-bond donors (Lipinski definition) is 1. The first-order valence-corrected chi connectivity index (χ1v) is 6.54. The van der Waals surface area contributed by atoms with E-state index in [9.17, 15) is 4.39 Å². The summed E-state index contributed by atoms with van der Waals surface area (Å²) < 4.78 is 13.3. The summed E-state index contributed by atoms with van der Waals surface area (Å²) >= 11 is 0. The van der Waals surface area contributed by atoms with E-state index in [1.165, 1.54) is 6.08 Å². The lowest BCUT2D eigenvalue weighted by Gasteiger charge is -2.00. The van der Waals surface area contributed by atoms with Crippen LogP contribution in [0.4, 0.5) is 4.39 Å². The molecular weight excluding hydrogens is 213 g/mol. The van der Waals surface area contributed by atoms with Crippen molar-refractivity contribution in [2.45, 2.75) is 40.5 Å². The highest BCUT2D eigenvalue weighted by Gasteiger charge is 1.94. The highest BCUT2D eigenvalue weighted by atomic mass is 19.1. The van der Waals surface area contributed by atoms with E-state index in [0.29, 0.717) is 18.4 Å². The maximum Gasteiger partial charge on any atom is 0.119 e. The van der Waals surface area contributed by atoms with Crippen LogP contribution in [-0.4, -0.2) is 6.54 Å². The summed E-state index contributed by atoms with van der Waals surface area (Å²) in [5.74, 6) is 0.749. The normalized spacial score (nSPS) is 16.6. The fraction of sp³-hybridized carbons (Fsp3) is 0.600. The molecule has 0 bridgehead atoms. The standard InChI is InChI=1S/C15H26FN/c1-5-13(3)9-11-17-10-7-8-15(16)12-14(4)6-2/h7-9,11-14,17H,5-6,10H2,1-4H3/b8-7-,11-9?,15-12+.